The van der Waals surface area contributed by atoms with E-state index in [2.05, 4.69) is 0 Å². The van der Waals surface area contributed by atoms with E-state index >= 15 is 0 Å². The van der Waals surface area contributed by atoms with Crippen molar-refractivity contribution in [3.8, 4) is 17.2 Å². The maximum Gasteiger partial charge on any atom is 0.335 e. The summed E-state index contributed by atoms with van der Waals surface area (Å²) in [7, 11) is 1.42. The minimum atomic E-state index is -1.08. The highest BCUT2D eigenvalue weighted by Crippen LogP contribution is 2.36. The van der Waals surface area contributed by atoms with Gasteiger partial charge in [0, 0.05) is 0 Å². The summed E-state index contributed by atoms with van der Waals surface area (Å²) in [5.41, 5.74) is 1.19. The Hall–Kier alpha value is -2.40. The summed E-state index contributed by atoms with van der Waals surface area (Å²) in [5, 5.41) is 9.18. The number of carboxylic acids is 1. The lowest BCUT2D eigenvalue weighted by Gasteiger charge is -2.13. The molecule has 0 atom stereocenters. The van der Waals surface area contributed by atoms with Crippen molar-refractivity contribution in [3.05, 3.63) is 52.5 Å². The van der Waals surface area contributed by atoms with Crippen molar-refractivity contribution in [1.29, 1.82) is 0 Å². The molecule has 0 aliphatic carbocycles. The van der Waals surface area contributed by atoms with Crippen molar-refractivity contribution < 1.29 is 24.1 Å². The number of carbonyl (C=O) groups is 1. The van der Waals surface area contributed by atoms with E-state index in [0.29, 0.717) is 12.4 Å². The highest BCUT2D eigenvalue weighted by atomic mass is 35.5. The molecule has 0 spiro atoms. The molecule has 0 saturated carbocycles. The van der Waals surface area contributed by atoms with Gasteiger partial charge in [0.15, 0.2) is 11.5 Å². The Morgan fingerprint density at radius 2 is 1.78 bits per heavy atom. The number of halogens is 1. The average molecular weight is 337 g/mol. The zero-order valence-corrected chi connectivity index (χ0v) is 13.6. The maximum atomic E-state index is 11.0. The first kappa shape index (κ1) is 17.0. The van der Waals surface area contributed by atoms with Crippen molar-refractivity contribution in [2.45, 2.75) is 6.92 Å². The number of benzene rings is 2. The van der Waals surface area contributed by atoms with Crippen LogP contribution in [0.15, 0.2) is 36.4 Å². The molecule has 1 N–H and O–H groups in total. The number of hydrogen-bond acceptors (Lipinski definition) is 4. The molecule has 0 saturated heterocycles. The predicted octanol–water partition coefficient (Wildman–Crippen LogP) is 3.81. The number of aromatic carboxylic acids is 1. The molecule has 6 heteroatoms. The standard InChI is InChI=1S/C17H17ClO5/c1-11-3-5-13(6-4-11)22-7-8-23-16-14(18)9-12(17(19)20)10-15(16)21-2/h3-6,9-10H,7-8H2,1-2H3,(H,19,20). The van der Waals surface area contributed by atoms with Crippen molar-refractivity contribution in [2.24, 2.45) is 0 Å². The summed E-state index contributed by atoms with van der Waals surface area (Å²) in [4.78, 5) is 11.0. The minimum Gasteiger partial charge on any atom is -0.493 e. The molecule has 2 rings (SSSR count). The topological polar surface area (TPSA) is 65.0 Å². The molecule has 0 heterocycles. The van der Waals surface area contributed by atoms with E-state index in [-0.39, 0.29) is 22.9 Å². The second-order valence-electron chi connectivity index (χ2n) is 4.80. The van der Waals surface area contributed by atoms with E-state index < -0.39 is 5.97 Å². The van der Waals surface area contributed by atoms with E-state index in [0.717, 1.165) is 11.3 Å². The van der Waals surface area contributed by atoms with Gasteiger partial charge in [-0.3, -0.25) is 0 Å². The van der Waals surface area contributed by atoms with Gasteiger partial charge in [-0.2, -0.15) is 0 Å². The van der Waals surface area contributed by atoms with Crippen LogP contribution < -0.4 is 14.2 Å². The Morgan fingerprint density at radius 3 is 2.39 bits per heavy atom. The summed E-state index contributed by atoms with van der Waals surface area (Å²) < 4.78 is 16.3. The van der Waals surface area contributed by atoms with Crippen molar-refractivity contribution in [2.75, 3.05) is 20.3 Å². The third kappa shape index (κ3) is 4.53. The van der Waals surface area contributed by atoms with Crippen LogP contribution in [0.4, 0.5) is 0 Å². The highest BCUT2D eigenvalue weighted by molar-refractivity contribution is 6.32. The first-order valence-corrected chi connectivity index (χ1v) is 7.32. The molecule has 0 unspecified atom stereocenters. The summed E-state index contributed by atoms with van der Waals surface area (Å²) in [5.74, 6) is 0.231. The molecule has 0 aromatic heterocycles. The van der Waals surface area contributed by atoms with Crippen molar-refractivity contribution in [3.63, 3.8) is 0 Å². The Morgan fingerprint density at radius 1 is 1.13 bits per heavy atom. The van der Waals surface area contributed by atoms with Crippen LogP contribution >= 0.6 is 11.6 Å². The lowest BCUT2D eigenvalue weighted by atomic mass is 10.2. The van der Waals surface area contributed by atoms with Crippen LogP contribution in [0.1, 0.15) is 15.9 Å². The van der Waals surface area contributed by atoms with Gasteiger partial charge in [0.05, 0.1) is 17.7 Å². The zero-order chi connectivity index (χ0) is 16.8. The van der Waals surface area contributed by atoms with Crippen LogP contribution in [0, 0.1) is 6.92 Å². The molecule has 2 aromatic rings. The molecular formula is C17H17ClO5. The lowest BCUT2D eigenvalue weighted by molar-refractivity contribution is 0.0696. The lowest BCUT2D eigenvalue weighted by Crippen LogP contribution is -2.10. The fraction of sp³-hybridized carbons (Fsp3) is 0.235. The molecule has 0 amide bonds. The molecule has 0 aliphatic rings. The van der Waals surface area contributed by atoms with Crippen LogP contribution in [0.25, 0.3) is 0 Å². The predicted molar refractivity (Wildman–Crippen MR) is 87.1 cm³/mol. The second kappa shape index (κ2) is 7.74. The number of carboxylic acid groups (broad SMARTS) is 1. The molecule has 2 aromatic carbocycles. The first-order valence-electron chi connectivity index (χ1n) is 6.94. The maximum absolute atomic E-state index is 11.0. The van der Waals surface area contributed by atoms with Crippen molar-refractivity contribution in [1.82, 2.24) is 0 Å². The van der Waals surface area contributed by atoms with E-state index in [4.69, 9.17) is 30.9 Å². The van der Waals surface area contributed by atoms with Gasteiger partial charge >= 0.3 is 5.97 Å². The molecule has 0 aliphatic heterocycles. The number of rotatable bonds is 7. The van der Waals surface area contributed by atoms with E-state index in [1.54, 1.807) is 0 Å². The number of hydrogen-bond donors (Lipinski definition) is 1. The van der Waals surface area contributed by atoms with E-state index in [1.807, 2.05) is 31.2 Å². The summed E-state index contributed by atoms with van der Waals surface area (Å²) in [6, 6.07) is 10.4. The van der Waals surface area contributed by atoms with Gasteiger partial charge < -0.3 is 19.3 Å². The molecule has 23 heavy (non-hydrogen) atoms. The van der Waals surface area contributed by atoms with Crippen LogP contribution in [-0.4, -0.2) is 31.4 Å². The Kier molecular flexibility index (Phi) is 5.71. The fourth-order valence-corrected chi connectivity index (χ4v) is 2.19. The fourth-order valence-electron chi connectivity index (χ4n) is 1.92. The first-order chi connectivity index (χ1) is 11.0. The Bertz CT molecular complexity index is 682. The van der Waals surface area contributed by atoms with Gasteiger partial charge in [-0.25, -0.2) is 4.79 Å². The molecule has 0 radical (unpaired) electrons. The third-order valence-corrected chi connectivity index (χ3v) is 3.38. The van der Waals surface area contributed by atoms with Gasteiger partial charge in [0.25, 0.3) is 0 Å². The molecule has 0 bridgehead atoms. The summed E-state index contributed by atoms with van der Waals surface area (Å²) in [6.45, 7) is 2.57. The third-order valence-electron chi connectivity index (χ3n) is 3.10. The average Bonchev–Trinajstić information content (AvgIpc) is 2.53. The normalized spacial score (nSPS) is 10.2. The largest absolute Gasteiger partial charge is 0.493 e. The van der Waals surface area contributed by atoms with Crippen LogP contribution in [0.2, 0.25) is 5.02 Å². The zero-order valence-electron chi connectivity index (χ0n) is 12.8. The quantitative estimate of drug-likeness (QED) is 0.779. The minimum absolute atomic E-state index is 0.0371. The number of ether oxygens (including phenoxy) is 3. The van der Waals surface area contributed by atoms with Crippen molar-refractivity contribution >= 4 is 17.6 Å². The summed E-state index contributed by atoms with van der Waals surface area (Å²) in [6.07, 6.45) is 0. The molecule has 0 fully saturated rings. The Labute approximate surface area is 139 Å². The molecule has 5 nitrogen and oxygen atoms in total. The van der Waals surface area contributed by atoms with E-state index in [1.165, 1.54) is 19.2 Å². The summed E-state index contributed by atoms with van der Waals surface area (Å²) >= 11 is 6.06. The second-order valence-corrected chi connectivity index (χ2v) is 5.21. The van der Waals surface area contributed by atoms with E-state index in [9.17, 15) is 4.79 Å². The number of methoxy groups -OCH3 is 1. The van der Waals surface area contributed by atoms with Gasteiger partial charge in [-0.15, -0.1) is 0 Å². The van der Waals surface area contributed by atoms with Crippen LogP contribution in [0.3, 0.4) is 0 Å². The molecule has 122 valence electrons. The SMILES string of the molecule is COc1cc(C(=O)O)cc(Cl)c1OCCOc1ccc(C)cc1. The smallest absolute Gasteiger partial charge is 0.335 e. The van der Waals surface area contributed by atoms with Gasteiger partial charge in [-0.1, -0.05) is 29.3 Å². The number of aryl methyl sites for hydroxylation is 1. The van der Waals surface area contributed by atoms with Gasteiger partial charge in [-0.05, 0) is 31.2 Å². The Balaban J connectivity index is 1.97. The van der Waals surface area contributed by atoms with Gasteiger partial charge in [0.2, 0.25) is 0 Å². The molecular weight excluding hydrogens is 320 g/mol. The monoisotopic (exact) mass is 336 g/mol. The van der Waals surface area contributed by atoms with Gasteiger partial charge in [0.1, 0.15) is 19.0 Å². The highest BCUT2D eigenvalue weighted by Gasteiger charge is 2.15. The van der Waals surface area contributed by atoms with Crippen LogP contribution in [-0.2, 0) is 0 Å². The van der Waals surface area contributed by atoms with Crippen LogP contribution in [0.5, 0.6) is 17.2 Å².